The quantitative estimate of drug-likeness (QED) is 0.123. The summed E-state index contributed by atoms with van der Waals surface area (Å²) in [6.45, 7) is 0. The van der Waals surface area contributed by atoms with E-state index in [4.69, 9.17) is 18.8 Å². The fourth-order valence-electron chi connectivity index (χ4n) is 10.3. The zero-order valence-electron chi connectivity index (χ0n) is 36.7. The summed E-state index contributed by atoms with van der Waals surface area (Å²) >= 11 is 0. The first-order chi connectivity index (χ1) is 33.6. The lowest BCUT2D eigenvalue weighted by atomic mass is 9.89. The van der Waals surface area contributed by atoms with Crippen molar-refractivity contribution >= 4 is 76.2 Å². The van der Waals surface area contributed by atoms with E-state index >= 15 is 0 Å². The smallest absolute Gasteiger partial charge is 0.160 e. The van der Waals surface area contributed by atoms with Crippen molar-refractivity contribution in [2.45, 2.75) is 0 Å². The highest BCUT2D eigenvalue weighted by Gasteiger charge is 2.18. The van der Waals surface area contributed by atoms with Gasteiger partial charge in [-0.15, -0.1) is 0 Å². The molecule has 316 valence electrons. The Morgan fingerprint density at radius 3 is 1.40 bits per heavy atom. The van der Waals surface area contributed by atoms with Crippen LogP contribution >= 0.6 is 0 Å². The van der Waals surface area contributed by atoms with Crippen LogP contribution in [0.15, 0.2) is 239 Å². The zero-order valence-corrected chi connectivity index (χ0v) is 36.7. The van der Waals surface area contributed by atoms with E-state index in [1.807, 2.05) is 42.5 Å². The van der Waals surface area contributed by atoms with Gasteiger partial charge >= 0.3 is 0 Å². The Balaban J connectivity index is 0.951. The van der Waals surface area contributed by atoms with Gasteiger partial charge in [-0.1, -0.05) is 164 Å². The van der Waals surface area contributed by atoms with Crippen LogP contribution in [0.2, 0.25) is 0 Å². The molecule has 0 aliphatic rings. The number of rotatable bonds is 6. The van der Waals surface area contributed by atoms with Crippen LogP contribution in [0, 0.1) is 0 Å². The fourth-order valence-corrected chi connectivity index (χ4v) is 10.3. The van der Waals surface area contributed by atoms with E-state index in [-0.39, 0.29) is 0 Å². The van der Waals surface area contributed by atoms with Gasteiger partial charge in [-0.2, -0.15) is 0 Å². The summed E-state index contributed by atoms with van der Waals surface area (Å²) < 4.78 is 12.5. The Hall–Kier alpha value is -9.12. The van der Waals surface area contributed by atoms with E-state index < -0.39 is 0 Å². The first kappa shape index (κ1) is 38.2. The molecular formula is C64H38N2O2. The summed E-state index contributed by atoms with van der Waals surface area (Å²) in [6.07, 6.45) is 0. The number of para-hydroxylation sites is 2. The molecule has 11 aromatic carbocycles. The van der Waals surface area contributed by atoms with Crippen molar-refractivity contribution in [2.24, 2.45) is 0 Å². The van der Waals surface area contributed by atoms with Crippen LogP contribution in [0.4, 0.5) is 0 Å². The van der Waals surface area contributed by atoms with Gasteiger partial charge in [0.25, 0.3) is 0 Å². The van der Waals surface area contributed by atoms with Crippen molar-refractivity contribution in [3.05, 3.63) is 231 Å². The fraction of sp³-hybridized carbons (Fsp3) is 0. The second-order valence-corrected chi connectivity index (χ2v) is 17.7. The average Bonchev–Trinajstić information content (AvgIpc) is 3.98. The first-order valence-corrected chi connectivity index (χ1v) is 23.0. The molecule has 0 N–H and O–H groups in total. The van der Waals surface area contributed by atoms with Crippen LogP contribution < -0.4 is 0 Å². The van der Waals surface area contributed by atoms with Gasteiger partial charge in [0.1, 0.15) is 22.3 Å². The molecule has 0 saturated heterocycles. The minimum atomic E-state index is 0.665. The Bertz CT molecular complexity index is 4180. The topological polar surface area (TPSA) is 52.1 Å². The minimum absolute atomic E-state index is 0.665. The van der Waals surface area contributed by atoms with Crippen LogP contribution in [0.25, 0.3) is 143 Å². The van der Waals surface area contributed by atoms with E-state index in [1.165, 1.54) is 37.9 Å². The molecule has 0 spiro atoms. The maximum atomic E-state index is 6.27. The molecule has 14 aromatic rings. The zero-order chi connectivity index (χ0) is 44.7. The Kier molecular flexibility index (Phi) is 8.55. The van der Waals surface area contributed by atoms with E-state index in [2.05, 4.69) is 188 Å². The molecule has 0 unspecified atom stereocenters. The molecule has 0 aliphatic carbocycles. The maximum Gasteiger partial charge on any atom is 0.160 e. The first-order valence-electron chi connectivity index (χ1n) is 23.0. The molecular weight excluding hydrogens is 829 g/mol. The average molecular weight is 867 g/mol. The summed E-state index contributed by atoms with van der Waals surface area (Å²) in [4.78, 5) is 10.6. The molecule has 0 aliphatic heterocycles. The number of aromatic nitrogens is 2. The normalized spacial score (nSPS) is 11.8. The molecule has 0 fully saturated rings. The monoisotopic (exact) mass is 866 g/mol. The molecule has 0 saturated carbocycles. The number of hydrogen-bond donors (Lipinski definition) is 0. The van der Waals surface area contributed by atoms with Gasteiger partial charge in [-0.05, 0) is 132 Å². The SMILES string of the molecule is c1ccc(-c2nc(-c3ccc(-c4c5ccccc5cc5c4ccc4ccccc45)cc3)cc(-c3cc(-c4ccc5oc6ccccc6c5c4)cc(-c4ccc5oc6ccccc6c5c4)c3)n2)cc1. The second-order valence-electron chi connectivity index (χ2n) is 17.7. The third kappa shape index (κ3) is 6.30. The van der Waals surface area contributed by atoms with Crippen LogP contribution in [0.5, 0.6) is 0 Å². The molecule has 4 heteroatoms. The third-order valence-corrected chi connectivity index (χ3v) is 13.6. The number of fused-ring (bicyclic) bond motifs is 10. The van der Waals surface area contributed by atoms with Gasteiger partial charge in [0.2, 0.25) is 0 Å². The van der Waals surface area contributed by atoms with Gasteiger partial charge in [0.15, 0.2) is 5.82 Å². The lowest BCUT2D eigenvalue weighted by Gasteiger charge is -2.15. The summed E-state index contributed by atoms with van der Waals surface area (Å²) in [6, 6.07) is 81.9. The third-order valence-electron chi connectivity index (χ3n) is 13.6. The van der Waals surface area contributed by atoms with Crippen molar-refractivity contribution in [3.8, 4) is 67.3 Å². The number of furan rings is 2. The van der Waals surface area contributed by atoms with E-state index in [0.29, 0.717) is 5.82 Å². The van der Waals surface area contributed by atoms with Crippen LogP contribution in [-0.2, 0) is 0 Å². The summed E-state index contributed by atoms with van der Waals surface area (Å²) in [5.41, 5.74) is 14.8. The van der Waals surface area contributed by atoms with Crippen LogP contribution in [0.3, 0.4) is 0 Å². The highest BCUT2D eigenvalue weighted by molar-refractivity contribution is 6.20. The Labute approximate surface area is 391 Å². The highest BCUT2D eigenvalue weighted by Crippen LogP contribution is 2.42. The van der Waals surface area contributed by atoms with Crippen molar-refractivity contribution < 1.29 is 8.83 Å². The summed E-state index contributed by atoms with van der Waals surface area (Å²) in [5, 5.41) is 11.8. The standard InChI is InChI=1S/C64H38N2O2/c1-2-13-42(14-3-1)64-65-57(40-22-24-41(25-23-40)63-50-17-7-5-15-45(50)37-54-49-16-6-4-12-39(49)26-29-53(54)63)38-58(66-64)48-33-46(43-27-30-61-55(35-43)51-18-8-10-20-59(51)67-61)32-47(34-48)44-28-31-62-56(36-44)52-19-9-11-21-60(52)68-62/h1-38H. The second kappa shape index (κ2) is 15.2. The van der Waals surface area contributed by atoms with Crippen molar-refractivity contribution in [2.75, 3.05) is 0 Å². The Morgan fingerprint density at radius 2 is 0.735 bits per heavy atom. The molecule has 68 heavy (non-hydrogen) atoms. The number of nitrogens with zero attached hydrogens (tertiary/aromatic N) is 2. The van der Waals surface area contributed by atoms with Gasteiger partial charge in [-0.3, -0.25) is 0 Å². The molecule has 3 heterocycles. The predicted molar refractivity (Wildman–Crippen MR) is 282 cm³/mol. The lowest BCUT2D eigenvalue weighted by molar-refractivity contribution is 0.668. The molecule has 3 aromatic heterocycles. The molecule has 0 bridgehead atoms. The van der Waals surface area contributed by atoms with Crippen molar-refractivity contribution in [1.29, 1.82) is 0 Å². The van der Waals surface area contributed by atoms with Crippen LogP contribution in [0.1, 0.15) is 0 Å². The summed E-state index contributed by atoms with van der Waals surface area (Å²) in [5.74, 6) is 0.665. The van der Waals surface area contributed by atoms with Crippen molar-refractivity contribution in [1.82, 2.24) is 9.97 Å². The van der Waals surface area contributed by atoms with Gasteiger partial charge < -0.3 is 8.83 Å². The van der Waals surface area contributed by atoms with Crippen molar-refractivity contribution in [3.63, 3.8) is 0 Å². The maximum absolute atomic E-state index is 6.27. The molecule has 0 atom stereocenters. The predicted octanol–water partition coefficient (Wildman–Crippen LogP) is 17.7. The largest absolute Gasteiger partial charge is 0.456 e. The van der Waals surface area contributed by atoms with E-state index in [1.54, 1.807) is 0 Å². The van der Waals surface area contributed by atoms with Gasteiger partial charge in [-0.25, -0.2) is 9.97 Å². The minimum Gasteiger partial charge on any atom is -0.456 e. The summed E-state index contributed by atoms with van der Waals surface area (Å²) in [7, 11) is 0. The molecule has 0 radical (unpaired) electrons. The molecule has 0 amide bonds. The molecule has 4 nitrogen and oxygen atoms in total. The lowest BCUT2D eigenvalue weighted by Crippen LogP contribution is -1.96. The molecule has 14 rings (SSSR count). The van der Waals surface area contributed by atoms with Gasteiger partial charge in [0, 0.05) is 38.2 Å². The Morgan fingerprint density at radius 1 is 0.235 bits per heavy atom. The number of benzene rings is 11. The van der Waals surface area contributed by atoms with E-state index in [9.17, 15) is 0 Å². The van der Waals surface area contributed by atoms with E-state index in [0.717, 1.165) is 99.8 Å². The number of hydrogen-bond acceptors (Lipinski definition) is 4. The van der Waals surface area contributed by atoms with Gasteiger partial charge in [0.05, 0.1) is 11.4 Å². The highest BCUT2D eigenvalue weighted by atomic mass is 16.3. The van der Waals surface area contributed by atoms with Crippen LogP contribution in [-0.4, -0.2) is 9.97 Å².